The Morgan fingerprint density at radius 1 is 1.19 bits per heavy atom. The number of ether oxygens (including phenoxy) is 1. The summed E-state index contributed by atoms with van der Waals surface area (Å²) in [4.78, 5) is 16.8. The zero-order valence-electron chi connectivity index (χ0n) is 13.7. The second kappa shape index (κ2) is 7.25. The van der Waals surface area contributed by atoms with Crippen LogP contribution in [0.5, 0.6) is 0 Å². The number of rotatable bonds is 4. The molecule has 140 valence electrons. The Morgan fingerprint density at radius 2 is 1.81 bits per heavy atom. The first-order valence-corrected chi connectivity index (χ1v) is 9.83. The summed E-state index contributed by atoms with van der Waals surface area (Å²) in [5.74, 6) is -2.73. The zero-order chi connectivity index (χ0) is 18.9. The Hall–Kier alpha value is -2.11. The third-order valence-corrected chi connectivity index (χ3v) is 6.90. The van der Waals surface area contributed by atoms with Crippen molar-refractivity contribution in [3.63, 3.8) is 0 Å². The fraction of sp³-hybridized carbons (Fsp3) is 0.333. The van der Waals surface area contributed by atoms with Crippen LogP contribution in [0.4, 0.5) is 13.9 Å². The van der Waals surface area contributed by atoms with Crippen molar-refractivity contribution in [1.82, 2.24) is 9.29 Å². The van der Waals surface area contributed by atoms with Crippen LogP contribution < -0.4 is 4.90 Å². The number of carbonyl (C=O) groups is 1. The molecule has 1 aliphatic heterocycles. The minimum absolute atomic E-state index is 0.0449. The van der Waals surface area contributed by atoms with E-state index in [4.69, 9.17) is 0 Å². The molecule has 0 spiro atoms. The van der Waals surface area contributed by atoms with Gasteiger partial charge < -0.3 is 9.64 Å². The van der Waals surface area contributed by atoms with Crippen LogP contribution in [0, 0.1) is 11.6 Å². The summed E-state index contributed by atoms with van der Waals surface area (Å²) in [5.41, 5.74) is 0. The number of methoxy groups -OCH3 is 1. The molecule has 0 saturated carbocycles. The summed E-state index contributed by atoms with van der Waals surface area (Å²) in [5, 5.41) is 0.555. The maximum Gasteiger partial charge on any atom is 0.349 e. The molecule has 1 saturated heterocycles. The molecule has 0 N–H and O–H groups in total. The molecule has 0 unspecified atom stereocenters. The van der Waals surface area contributed by atoms with Crippen LogP contribution in [0.25, 0.3) is 0 Å². The molecule has 26 heavy (non-hydrogen) atoms. The van der Waals surface area contributed by atoms with E-state index in [1.165, 1.54) is 13.3 Å². The number of aromatic nitrogens is 1. The van der Waals surface area contributed by atoms with E-state index in [2.05, 4.69) is 9.72 Å². The van der Waals surface area contributed by atoms with Gasteiger partial charge in [-0.3, -0.25) is 0 Å². The zero-order valence-corrected chi connectivity index (χ0v) is 15.3. The van der Waals surface area contributed by atoms with Crippen molar-refractivity contribution in [1.29, 1.82) is 0 Å². The van der Waals surface area contributed by atoms with Crippen LogP contribution in [0.1, 0.15) is 9.67 Å². The smallest absolute Gasteiger partial charge is 0.349 e. The molecular weight excluding hydrogens is 388 g/mol. The quantitative estimate of drug-likeness (QED) is 0.724. The van der Waals surface area contributed by atoms with Crippen LogP contribution in [0.2, 0.25) is 0 Å². The van der Waals surface area contributed by atoms with Gasteiger partial charge >= 0.3 is 5.97 Å². The molecule has 0 amide bonds. The SMILES string of the molecule is COC(=O)c1cnc(N2CCN(S(=O)(=O)c3c(F)cccc3F)CC2)s1. The average molecular weight is 403 g/mol. The van der Waals surface area contributed by atoms with Gasteiger partial charge in [0.15, 0.2) is 10.0 Å². The van der Waals surface area contributed by atoms with Gasteiger partial charge in [0, 0.05) is 26.2 Å². The highest BCUT2D eigenvalue weighted by molar-refractivity contribution is 7.89. The van der Waals surface area contributed by atoms with Crippen molar-refractivity contribution in [3.8, 4) is 0 Å². The summed E-state index contributed by atoms with van der Waals surface area (Å²) >= 11 is 1.13. The predicted molar refractivity (Wildman–Crippen MR) is 90.8 cm³/mol. The number of hydrogen-bond donors (Lipinski definition) is 0. The van der Waals surface area contributed by atoms with Crippen molar-refractivity contribution in [2.75, 3.05) is 38.2 Å². The highest BCUT2D eigenvalue weighted by atomic mass is 32.2. The van der Waals surface area contributed by atoms with E-state index in [1.54, 1.807) is 4.90 Å². The first-order valence-electron chi connectivity index (χ1n) is 7.58. The normalized spacial score (nSPS) is 15.9. The van der Waals surface area contributed by atoms with Gasteiger partial charge in [0.2, 0.25) is 10.0 Å². The molecule has 1 aliphatic rings. The first-order chi connectivity index (χ1) is 12.3. The van der Waals surface area contributed by atoms with Crippen LogP contribution >= 0.6 is 11.3 Å². The Bertz CT molecular complexity index is 904. The van der Waals surface area contributed by atoms with E-state index in [0.717, 1.165) is 33.8 Å². The minimum atomic E-state index is -4.28. The van der Waals surface area contributed by atoms with E-state index < -0.39 is 32.5 Å². The molecule has 0 atom stereocenters. The number of hydrogen-bond acceptors (Lipinski definition) is 7. The largest absolute Gasteiger partial charge is 0.465 e. The van der Waals surface area contributed by atoms with Crippen molar-refractivity contribution in [2.45, 2.75) is 4.90 Å². The number of halogens is 2. The molecule has 7 nitrogen and oxygen atoms in total. The fourth-order valence-corrected chi connectivity index (χ4v) is 5.00. The van der Waals surface area contributed by atoms with Crippen molar-refractivity contribution in [2.24, 2.45) is 0 Å². The topological polar surface area (TPSA) is 79.8 Å². The lowest BCUT2D eigenvalue weighted by atomic mass is 10.3. The Balaban J connectivity index is 1.74. The van der Waals surface area contributed by atoms with Gasteiger partial charge in [-0.25, -0.2) is 27.0 Å². The summed E-state index contributed by atoms with van der Waals surface area (Å²) in [6, 6.07) is 2.94. The average Bonchev–Trinajstić information content (AvgIpc) is 3.11. The van der Waals surface area contributed by atoms with Crippen LogP contribution in [-0.4, -0.2) is 57.0 Å². The summed E-state index contributed by atoms with van der Waals surface area (Å²) in [6.07, 6.45) is 1.39. The highest BCUT2D eigenvalue weighted by Gasteiger charge is 2.33. The van der Waals surface area contributed by atoms with Crippen molar-refractivity contribution in [3.05, 3.63) is 40.9 Å². The van der Waals surface area contributed by atoms with Gasteiger partial charge in [-0.2, -0.15) is 4.31 Å². The highest BCUT2D eigenvalue weighted by Crippen LogP contribution is 2.27. The Labute approximate surface area is 152 Å². The molecule has 0 aliphatic carbocycles. The van der Waals surface area contributed by atoms with Gasteiger partial charge in [-0.1, -0.05) is 17.4 Å². The van der Waals surface area contributed by atoms with Gasteiger partial charge in [-0.05, 0) is 12.1 Å². The van der Waals surface area contributed by atoms with Gasteiger partial charge in [0.1, 0.15) is 16.5 Å². The van der Waals surface area contributed by atoms with Gasteiger partial charge in [0.05, 0.1) is 13.3 Å². The maximum absolute atomic E-state index is 13.8. The lowest BCUT2D eigenvalue weighted by Crippen LogP contribution is -2.49. The number of sulfonamides is 1. The first kappa shape index (κ1) is 18.7. The van der Waals surface area contributed by atoms with Crippen molar-refractivity contribution < 1.29 is 26.7 Å². The number of nitrogens with zero attached hydrogens (tertiary/aromatic N) is 3. The maximum atomic E-state index is 13.8. The lowest BCUT2D eigenvalue weighted by Gasteiger charge is -2.33. The molecule has 0 bridgehead atoms. The van der Waals surface area contributed by atoms with E-state index in [-0.39, 0.29) is 26.2 Å². The number of esters is 1. The molecule has 0 radical (unpaired) electrons. The number of thiazole rings is 1. The Kier molecular flexibility index (Phi) is 5.21. The minimum Gasteiger partial charge on any atom is -0.465 e. The molecule has 2 heterocycles. The molecule has 1 aromatic heterocycles. The summed E-state index contributed by atoms with van der Waals surface area (Å²) < 4.78 is 58.5. The lowest BCUT2D eigenvalue weighted by molar-refractivity contribution is 0.0606. The van der Waals surface area contributed by atoms with E-state index >= 15 is 0 Å². The number of carbonyl (C=O) groups excluding carboxylic acids is 1. The third kappa shape index (κ3) is 3.41. The molecule has 1 fully saturated rings. The van der Waals surface area contributed by atoms with Crippen LogP contribution in [0.3, 0.4) is 0 Å². The van der Waals surface area contributed by atoms with Crippen LogP contribution in [0.15, 0.2) is 29.3 Å². The number of anilines is 1. The van der Waals surface area contributed by atoms with E-state index in [1.807, 2.05) is 0 Å². The number of benzene rings is 1. The number of piperazine rings is 1. The second-order valence-corrected chi connectivity index (χ2v) is 8.32. The summed E-state index contributed by atoms with van der Waals surface area (Å²) in [6.45, 7) is 0.652. The monoisotopic (exact) mass is 403 g/mol. The molecule has 3 rings (SSSR count). The third-order valence-electron chi connectivity index (χ3n) is 3.91. The fourth-order valence-electron chi connectivity index (χ4n) is 2.58. The van der Waals surface area contributed by atoms with Crippen LogP contribution in [-0.2, 0) is 14.8 Å². The van der Waals surface area contributed by atoms with Gasteiger partial charge in [-0.15, -0.1) is 0 Å². The standard InChI is InChI=1S/C15H15F2N3O4S2/c1-24-14(21)12-9-18-15(25-12)19-5-7-20(8-6-19)26(22,23)13-10(16)3-2-4-11(13)17/h2-4,9H,5-8H2,1H3. The molecule has 2 aromatic rings. The predicted octanol–water partition coefficient (Wildman–Crippen LogP) is 1.72. The molecular formula is C15H15F2N3O4S2. The Morgan fingerprint density at radius 3 is 2.38 bits per heavy atom. The van der Waals surface area contributed by atoms with E-state index in [0.29, 0.717) is 10.0 Å². The van der Waals surface area contributed by atoms with E-state index in [9.17, 15) is 22.0 Å². The molecule has 11 heteroatoms. The second-order valence-electron chi connectivity index (χ2n) is 5.44. The van der Waals surface area contributed by atoms with Gasteiger partial charge in [0.25, 0.3) is 0 Å². The molecule has 1 aromatic carbocycles. The van der Waals surface area contributed by atoms with Crippen molar-refractivity contribution >= 4 is 32.5 Å². The summed E-state index contributed by atoms with van der Waals surface area (Å²) in [7, 11) is -3.00.